The van der Waals surface area contributed by atoms with Crippen molar-refractivity contribution in [3.05, 3.63) is 130 Å². The molecular weight excluding hydrogens is 530 g/mol. The Morgan fingerprint density at radius 2 is 1.57 bits per heavy atom. The first-order valence-electron chi connectivity index (χ1n) is 11.8. The first kappa shape index (κ1) is 24.5. The van der Waals surface area contributed by atoms with Crippen LogP contribution in [0.4, 0.5) is 11.6 Å². The number of hydrogen-bond donors (Lipinski definition) is 0. The van der Waals surface area contributed by atoms with Crippen molar-refractivity contribution in [3.63, 3.8) is 0 Å². The van der Waals surface area contributed by atoms with Gasteiger partial charge in [-0.1, -0.05) is 70.5 Å². The van der Waals surface area contributed by atoms with Crippen LogP contribution in [0.25, 0.3) is 11.3 Å². The molecule has 1 aliphatic heterocycles. The Labute approximate surface area is 223 Å². The number of carbonyl (C=O) groups excluding carboxylic acids is 2. The summed E-state index contributed by atoms with van der Waals surface area (Å²) < 4.78 is 11.9. The van der Waals surface area contributed by atoms with Crippen LogP contribution in [0, 0.1) is 0 Å². The maximum absolute atomic E-state index is 14.4. The zero-order chi connectivity index (χ0) is 25.8. The van der Waals surface area contributed by atoms with Gasteiger partial charge in [0.25, 0.3) is 0 Å². The van der Waals surface area contributed by atoms with Crippen molar-refractivity contribution in [2.75, 3.05) is 12.0 Å². The molecule has 0 fully saturated rings. The van der Waals surface area contributed by atoms with Gasteiger partial charge in [0, 0.05) is 16.1 Å². The average Bonchev–Trinajstić information content (AvgIpc) is 3.41. The fourth-order valence-electron chi connectivity index (χ4n) is 4.35. The SMILES string of the molecule is COC(=O)c1ccc(CC(C(=O)N(c2ccccc2)c2ccc3cccc-3o2)c2ccc(Br)cc2)cc1. The second-order valence-electron chi connectivity index (χ2n) is 8.62. The summed E-state index contributed by atoms with van der Waals surface area (Å²) in [7, 11) is 1.36. The molecule has 5 rings (SSSR count). The Balaban J connectivity index is 1.57. The van der Waals surface area contributed by atoms with E-state index in [1.54, 1.807) is 17.0 Å². The molecule has 1 heterocycles. The number of ether oxygens (including phenoxy) is 1. The van der Waals surface area contributed by atoms with E-state index >= 15 is 0 Å². The first-order valence-corrected chi connectivity index (χ1v) is 12.6. The second kappa shape index (κ2) is 10.8. The number of carbonyl (C=O) groups is 2. The standard InChI is InChI=1S/C31H24BrNO4/c1-36-31(35)24-12-10-21(11-13-24)20-27(22-14-17-25(32)18-15-22)30(34)33(26-7-3-2-4-8-26)29-19-16-23-6-5-9-28(23)37-29/h2-19,27H,20H2,1H3. The Morgan fingerprint density at radius 3 is 2.27 bits per heavy atom. The molecule has 0 aromatic heterocycles. The van der Waals surface area contributed by atoms with E-state index in [2.05, 4.69) is 15.9 Å². The lowest BCUT2D eigenvalue weighted by Gasteiger charge is -2.27. The molecule has 0 N–H and O–H groups in total. The molecule has 1 unspecified atom stereocenters. The zero-order valence-electron chi connectivity index (χ0n) is 20.1. The topological polar surface area (TPSA) is 59.8 Å². The van der Waals surface area contributed by atoms with Crippen LogP contribution < -0.4 is 4.90 Å². The molecule has 2 aliphatic rings. The van der Waals surface area contributed by atoms with Gasteiger partial charge in [-0.05, 0) is 66.1 Å². The minimum atomic E-state index is -0.511. The molecule has 184 valence electrons. The number of methoxy groups -OCH3 is 1. The highest BCUT2D eigenvalue weighted by molar-refractivity contribution is 9.10. The number of para-hydroxylation sites is 1. The quantitative estimate of drug-likeness (QED) is 0.194. The summed E-state index contributed by atoms with van der Waals surface area (Å²) in [6.45, 7) is 0. The van der Waals surface area contributed by atoms with Gasteiger partial charge in [0.15, 0.2) is 0 Å². The van der Waals surface area contributed by atoms with Crippen molar-refractivity contribution in [2.45, 2.75) is 12.3 Å². The summed E-state index contributed by atoms with van der Waals surface area (Å²) in [6, 6.07) is 34.0. The Hall–Kier alpha value is -4.16. The van der Waals surface area contributed by atoms with Crippen molar-refractivity contribution >= 4 is 39.4 Å². The molecular formula is C31H24BrNO4. The van der Waals surface area contributed by atoms with Gasteiger partial charge in [-0.3, -0.25) is 9.69 Å². The van der Waals surface area contributed by atoms with Gasteiger partial charge >= 0.3 is 5.97 Å². The minimum absolute atomic E-state index is 0.125. The summed E-state index contributed by atoms with van der Waals surface area (Å²) in [5.74, 6) is 0.123. The molecule has 0 radical (unpaired) electrons. The van der Waals surface area contributed by atoms with Gasteiger partial charge in [-0.25, -0.2) is 4.79 Å². The molecule has 3 aromatic rings. The predicted molar refractivity (Wildman–Crippen MR) is 147 cm³/mol. The van der Waals surface area contributed by atoms with Crippen LogP contribution in [0.3, 0.4) is 0 Å². The summed E-state index contributed by atoms with van der Waals surface area (Å²) in [5.41, 5.74) is 3.95. The third-order valence-electron chi connectivity index (χ3n) is 6.27. The molecule has 5 nitrogen and oxygen atoms in total. The van der Waals surface area contributed by atoms with Crippen LogP contribution in [-0.2, 0) is 16.0 Å². The van der Waals surface area contributed by atoms with Crippen LogP contribution in [0.5, 0.6) is 0 Å². The molecule has 0 saturated heterocycles. The Kier molecular flexibility index (Phi) is 7.19. The van der Waals surface area contributed by atoms with E-state index in [0.717, 1.165) is 21.2 Å². The molecule has 3 aromatic carbocycles. The number of fused-ring (bicyclic) bond motifs is 1. The Bertz CT molecular complexity index is 1480. The van der Waals surface area contributed by atoms with E-state index in [-0.39, 0.29) is 5.91 Å². The molecule has 0 spiro atoms. The maximum atomic E-state index is 14.4. The second-order valence-corrected chi connectivity index (χ2v) is 9.54. The van der Waals surface area contributed by atoms with Gasteiger partial charge in [-0.2, -0.15) is 0 Å². The van der Waals surface area contributed by atoms with Crippen molar-refractivity contribution in [3.8, 4) is 11.3 Å². The largest absolute Gasteiger partial charge is 0.465 e. The number of esters is 1. The number of rotatable bonds is 7. The molecule has 6 heteroatoms. The highest BCUT2D eigenvalue weighted by atomic mass is 79.9. The monoisotopic (exact) mass is 553 g/mol. The fourth-order valence-corrected chi connectivity index (χ4v) is 4.61. The number of benzene rings is 3. The van der Waals surface area contributed by atoms with E-state index in [4.69, 9.17) is 9.15 Å². The van der Waals surface area contributed by atoms with Gasteiger partial charge in [0.1, 0.15) is 5.76 Å². The number of halogens is 1. The van der Waals surface area contributed by atoms with Crippen LogP contribution >= 0.6 is 15.9 Å². The highest BCUT2D eigenvalue weighted by Gasteiger charge is 2.30. The van der Waals surface area contributed by atoms with Crippen molar-refractivity contribution < 1.29 is 18.7 Å². The first-order chi connectivity index (χ1) is 18.0. The summed E-state index contributed by atoms with van der Waals surface area (Å²) >= 11 is 3.49. The smallest absolute Gasteiger partial charge is 0.337 e. The number of nitrogens with zero attached hydrogens (tertiary/aromatic N) is 1. The lowest BCUT2D eigenvalue weighted by Crippen LogP contribution is -2.32. The molecule has 0 saturated carbocycles. The maximum Gasteiger partial charge on any atom is 0.337 e. The van der Waals surface area contributed by atoms with Gasteiger partial charge in [-0.15, -0.1) is 0 Å². The van der Waals surface area contributed by atoms with E-state index in [1.807, 2.05) is 97.1 Å². The van der Waals surface area contributed by atoms with E-state index in [0.29, 0.717) is 29.3 Å². The van der Waals surface area contributed by atoms with Crippen LogP contribution in [-0.4, -0.2) is 19.0 Å². The van der Waals surface area contributed by atoms with Gasteiger partial charge in [0.05, 0.1) is 24.3 Å². The Morgan fingerprint density at radius 1 is 0.838 bits per heavy atom. The number of anilines is 2. The number of hydrogen-bond acceptors (Lipinski definition) is 4. The third-order valence-corrected chi connectivity index (χ3v) is 6.80. The molecule has 0 bridgehead atoms. The predicted octanol–water partition coefficient (Wildman–Crippen LogP) is 7.62. The van der Waals surface area contributed by atoms with Crippen molar-refractivity contribution in [1.29, 1.82) is 0 Å². The molecule has 1 aliphatic carbocycles. The summed E-state index contributed by atoms with van der Waals surface area (Å²) in [4.78, 5) is 27.9. The number of amides is 1. The molecule has 37 heavy (non-hydrogen) atoms. The van der Waals surface area contributed by atoms with Gasteiger partial charge in [0.2, 0.25) is 11.8 Å². The lowest BCUT2D eigenvalue weighted by molar-refractivity contribution is -0.119. The average molecular weight is 554 g/mol. The lowest BCUT2D eigenvalue weighted by atomic mass is 9.90. The van der Waals surface area contributed by atoms with E-state index < -0.39 is 11.9 Å². The summed E-state index contributed by atoms with van der Waals surface area (Å²) in [6.07, 6.45) is 0.434. The minimum Gasteiger partial charge on any atom is -0.465 e. The molecule has 1 atom stereocenters. The fraction of sp³-hybridized carbons (Fsp3) is 0.0968. The molecule has 1 amide bonds. The summed E-state index contributed by atoms with van der Waals surface area (Å²) in [5, 5.41) is 0. The third kappa shape index (κ3) is 5.34. The normalized spacial score (nSPS) is 11.7. The van der Waals surface area contributed by atoms with Gasteiger partial charge < -0.3 is 9.15 Å². The van der Waals surface area contributed by atoms with Crippen molar-refractivity contribution in [2.24, 2.45) is 0 Å². The van der Waals surface area contributed by atoms with Crippen LogP contribution in [0.15, 0.2) is 118 Å². The van der Waals surface area contributed by atoms with E-state index in [1.165, 1.54) is 7.11 Å². The highest BCUT2D eigenvalue weighted by Crippen LogP contribution is 2.36. The zero-order valence-corrected chi connectivity index (χ0v) is 21.7. The van der Waals surface area contributed by atoms with Crippen LogP contribution in [0.1, 0.15) is 27.4 Å². The van der Waals surface area contributed by atoms with Crippen LogP contribution in [0.2, 0.25) is 0 Å². The van der Waals surface area contributed by atoms with Crippen molar-refractivity contribution in [1.82, 2.24) is 0 Å². The van der Waals surface area contributed by atoms with E-state index in [9.17, 15) is 9.59 Å².